The summed E-state index contributed by atoms with van der Waals surface area (Å²) in [6, 6.07) is 4.86. The number of oxazole rings is 1. The van der Waals surface area contributed by atoms with Gasteiger partial charge in [-0.1, -0.05) is 6.92 Å². The van der Waals surface area contributed by atoms with Crippen LogP contribution in [0.25, 0.3) is 11.1 Å². The van der Waals surface area contributed by atoms with Crippen LogP contribution < -0.4 is 5.73 Å². The topological polar surface area (TPSA) is 86.2 Å². The first-order chi connectivity index (χ1) is 7.95. The standard InChI is InChI=1S/C11H14N2O3S/c1-3-7(2)17(14,15)11-13-9-6-8(12)4-5-10(9)16-11/h4-7H,3,12H2,1-2H3. The molecule has 1 unspecified atom stereocenters. The normalized spacial score (nSPS) is 14.0. The van der Waals surface area contributed by atoms with Crippen LogP contribution in [0.2, 0.25) is 0 Å². The summed E-state index contributed by atoms with van der Waals surface area (Å²) in [6.07, 6.45) is 0.517. The van der Waals surface area contributed by atoms with Crippen LogP contribution >= 0.6 is 0 Å². The second-order valence-corrected chi connectivity index (χ2v) is 6.21. The molecular formula is C11H14N2O3S. The van der Waals surface area contributed by atoms with Crippen LogP contribution in [0.1, 0.15) is 20.3 Å². The Bertz CT molecular complexity index is 646. The van der Waals surface area contributed by atoms with Crippen molar-refractivity contribution in [2.24, 2.45) is 0 Å². The Morgan fingerprint density at radius 1 is 1.47 bits per heavy atom. The molecule has 2 rings (SSSR count). The largest absolute Gasteiger partial charge is 0.428 e. The Labute approximate surface area is 99.6 Å². The van der Waals surface area contributed by atoms with E-state index in [-0.39, 0.29) is 5.22 Å². The second kappa shape index (κ2) is 4.03. The van der Waals surface area contributed by atoms with E-state index in [4.69, 9.17) is 10.2 Å². The van der Waals surface area contributed by atoms with E-state index in [1.54, 1.807) is 25.1 Å². The molecule has 1 aromatic carbocycles. The first-order valence-corrected chi connectivity index (χ1v) is 6.89. The van der Waals surface area contributed by atoms with E-state index in [9.17, 15) is 8.42 Å². The number of hydrogen-bond acceptors (Lipinski definition) is 5. The molecule has 0 fully saturated rings. The first-order valence-electron chi connectivity index (χ1n) is 5.35. The molecule has 1 atom stereocenters. The summed E-state index contributed by atoms with van der Waals surface area (Å²) in [4.78, 5) is 3.98. The molecule has 0 saturated carbocycles. The minimum absolute atomic E-state index is 0.229. The van der Waals surface area contributed by atoms with Crippen LogP contribution in [-0.2, 0) is 9.84 Å². The Morgan fingerprint density at radius 2 is 2.18 bits per heavy atom. The van der Waals surface area contributed by atoms with E-state index in [0.29, 0.717) is 23.2 Å². The molecule has 2 N–H and O–H groups in total. The Morgan fingerprint density at radius 3 is 2.82 bits per heavy atom. The fourth-order valence-corrected chi connectivity index (χ4v) is 2.65. The zero-order chi connectivity index (χ0) is 12.6. The van der Waals surface area contributed by atoms with Crippen LogP contribution in [0.15, 0.2) is 27.8 Å². The summed E-state index contributed by atoms with van der Waals surface area (Å²) in [5.41, 5.74) is 7.02. The van der Waals surface area contributed by atoms with E-state index in [0.717, 1.165) is 0 Å². The van der Waals surface area contributed by atoms with Gasteiger partial charge >= 0.3 is 5.22 Å². The molecule has 5 nitrogen and oxygen atoms in total. The van der Waals surface area contributed by atoms with Gasteiger partial charge in [0, 0.05) is 5.69 Å². The summed E-state index contributed by atoms with van der Waals surface area (Å²) in [6.45, 7) is 3.45. The van der Waals surface area contributed by atoms with Crippen LogP contribution in [0.5, 0.6) is 0 Å². The van der Waals surface area contributed by atoms with Crippen molar-refractivity contribution >= 4 is 26.6 Å². The van der Waals surface area contributed by atoms with E-state index in [1.807, 2.05) is 6.92 Å². The molecule has 1 aromatic heterocycles. The van der Waals surface area contributed by atoms with Gasteiger partial charge in [-0.25, -0.2) is 8.42 Å². The van der Waals surface area contributed by atoms with Crippen molar-refractivity contribution in [3.8, 4) is 0 Å². The Kier molecular flexibility index (Phi) is 2.82. The van der Waals surface area contributed by atoms with Crippen molar-refractivity contribution in [3.63, 3.8) is 0 Å². The van der Waals surface area contributed by atoms with Crippen molar-refractivity contribution in [2.45, 2.75) is 30.7 Å². The van der Waals surface area contributed by atoms with E-state index < -0.39 is 15.1 Å². The molecule has 0 aliphatic rings. The molecule has 2 aromatic rings. The number of hydrogen-bond donors (Lipinski definition) is 1. The number of aromatic nitrogens is 1. The highest BCUT2D eigenvalue weighted by Crippen LogP contribution is 2.24. The maximum Gasteiger partial charge on any atom is 0.316 e. The highest BCUT2D eigenvalue weighted by Gasteiger charge is 2.27. The van der Waals surface area contributed by atoms with Crippen molar-refractivity contribution < 1.29 is 12.8 Å². The zero-order valence-corrected chi connectivity index (χ0v) is 10.5. The van der Waals surface area contributed by atoms with E-state index in [1.165, 1.54) is 0 Å². The number of anilines is 1. The number of fused-ring (bicyclic) bond motifs is 1. The lowest BCUT2D eigenvalue weighted by atomic mass is 10.3. The Balaban J connectivity index is 2.57. The predicted octanol–water partition coefficient (Wildman–Crippen LogP) is 1.98. The second-order valence-electron chi connectivity index (χ2n) is 3.97. The summed E-state index contributed by atoms with van der Waals surface area (Å²) in [5, 5.41) is -0.736. The van der Waals surface area contributed by atoms with E-state index >= 15 is 0 Å². The molecule has 0 bridgehead atoms. The fraction of sp³-hybridized carbons (Fsp3) is 0.364. The van der Waals surface area contributed by atoms with Crippen LogP contribution in [0.3, 0.4) is 0 Å². The first kappa shape index (κ1) is 11.9. The third-order valence-electron chi connectivity index (χ3n) is 2.74. The van der Waals surface area contributed by atoms with Crippen LogP contribution in [0.4, 0.5) is 5.69 Å². The van der Waals surface area contributed by atoms with Crippen molar-refractivity contribution in [1.29, 1.82) is 0 Å². The molecule has 0 aliphatic carbocycles. The summed E-state index contributed by atoms with van der Waals surface area (Å²) < 4.78 is 29.3. The molecular weight excluding hydrogens is 240 g/mol. The van der Waals surface area contributed by atoms with Gasteiger partial charge in [0.1, 0.15) is 5.52 Å². The van der Waals surface area contributed by atoms with Gasteiger partial charge in [-0.3, -0.25) is 0 Å². The van der Waals surface area contributed by atoms with Gasteiger partial charge in [0.15, 0.2) is 5.58 Å². The van der Waals surface area contributed by atoms with Crippen molar-refractivity contribution in [3.05, 3.63) is 18.2 Å². The third-order valence-corrected chi connectivity index (χ3v) is 4.79. The molecule has 17 heavy (non-hydrogen) atoms. The molecule has 0 radical (unpaired) electrons. The Hall–Kier alpha value is -1.56. The van der Waals surface area contributed by atoms with Crippen LogP contribution in [-0.4, -0.2) is 18.7 Å². The monoisotopic (exact) mass is 254 g/mol. The van der Waals surface area contributed by atoms with Crippen molar-refractivity contribution in [2.75, 3.05) is 5.73 Å². The molecule has 0 saturated heterocycles. The van der Waals surface area contributed by atoms with Gasteiger partial charge in [-0.2, -0.15) is 4.98 Å². The minimum atomic E-state index is -3.48. The smallest absolute Gasteiger partial charge is 0.316 e. The number of sulfone groups is 1. The average molecular weight is 254 g/mol. The molecule has 0 amide bonds. The molecule has 1 heterocycles. The van der Waals surface area contributed by atoms with Gasteiger partial charge in [-0.15, -0.1) is 0 Å². The average Bonchev–Trinajstić information content (AvgIpc) is 2.71. The van der Waals surface area contributed by atoms with E-state index in [2.05, 4.69) is 4.98 Å². The SMILES string of the molecule is CCC(C)S(=O)(=O)c1nc2cc(N)ccc2o1. The maximum atomic E-state index is 12.0. The van der Waals surface area contributed by atoms with Gasteiger partial charge in [0.2, 0.25) is 9.84 Å². The molecule has 6 heteroatoms. The highest BCUT2D eigenvalue weighted by atomic mass is 32.2. The maximum absolute atomic E-state index is 12.0. The number of nitrogen functional groups attached to an aromatic ring is 1. The van der Waals surface area contributed by atoms with Gasteiger partial charge in [-0.05, 0) is 31.5 Å². The van der Waals surface area contributed by atoms with Crippen LogP contribution in [0, 0.1) is 0 Å². The number of benzene rings is 1. The lowest BCUT2D eigenvalue weighted by Crippen LogP contribution is -2.17. The quantitative estimate of drug-likeness (QED) is 0.846. The van der Waals surface area contributed by atoms with Crippen molar-refractivity contribution in [1.82, 2.24) is 4.98 Å². The number of rotatable bonds is 3. The highest BCUT2D eigenvalue weighted by molar-refractivity contribution is 7.91. The third kappa shape index (κ3) is 2.00. The zero-order valence-electron chi connectivity index (χ0n) is 9.67. The molecule has 92 valence electrons. The lowest BCUT2D eigenvalue weighted by molar-refractivity contribution is 0.453. The van der Waals surface area contributed by atoms with Gasteiger partial charge in [0.05, 0.1) is 5.25 Å². The van der Waals surface area contributed by atoms with Gasteiger partial charge < -0.3 is 10.2 Å². The summed E-state index contributed by atoms with van der Waals surface area (Å²) in [5.74, 6) is 0. The molecule has 0 spiro atoms. The predicted molar refractivity (Wildman–Crippen MR) is 65.4 cm³/mol. The fourth-order valence-electron chi connectivity index (χ4n) is 1.44. The number of nitrogens with two attached hydrogens (primary N) is 1. The molecule has 0 aliphatic heterocycles. The summed E-state index contributed by atoms with van der Waals surface area (Å²) >= 11 is 0. The minimum Gasteiger partial charge on any atom is -0.428 e. The lowest BCUT2D eigenvalue weighted by Gasteiger charge is -2.05. The number of nitrogens with zero attached hydrogens (tertiary/aromatic N) is 1. The van der Waals surface area contributed by atoms with Gasteiger partial charge in [0.25, 0.3) is 0 Å². The summed E-state index contributed by atoms with van der Waals surface area (Å²) in [7, 11) is -3.48.